The molecule has 0 fully saturated rings. The molecule has 0 aliphatic carbocycles. The third kappa shape index (κ3) is 4.83. The minimum absolute atomic E-state index is 0.0941. The van der Waals surface area contributed by atoms with Gasteiger partial charge in [0.2, 0.25) is 5.91 Å². The minimum Gasteiger partial charge on any atom is -0.325 e. The number of thioether (sulfide) groups is 1. The number of hydrogen-bond donors (Lipinski definition) is 1. The molecule has 0 spiro atoms. The first-order valence-corrected chi connectivity index (χ1v) is 10.1. The number of benzene rings is 2. The van der Waals surface area contributed by atoms with Crippen LogP contribution in [0.25, 0.3) is 11.4 Å². The summed E-state index contributed by atoms with van der Waals surface area (Å²) in [5.74, 6) is 0.804. The van der Waals surface area contributed by atoms with Crippen molar-refractivity contribution in [2.24, 2.45) is 7.05 Å². The molecule has 0 saturated heterocycles. The number of halogens is 2. The Morgan fingerprint density at radius 2 is 1.85 bits per heavy atom. The second kappa shape index (κ2) is 8.78. The van der Waals surface area contributed by atoms with E-state index in [0.717, 1.165) is 17.7 Å². The quantitative estimate of drug-likeness (QED) is 0.564. The van der Waals surface area contributed by atoms with Gasteiger partial charge in [-0.15, -0.1) is 10.2 Å². The van der Waals surface area contributed by atoms with Gasteiger partial charge in [0.05, 0.1) is 15.8 Å². The Bertz CT molecular complexity index is 957. The smallest absolute Gasteiger partial charge is 0.234 e. The monoisotopic (exact) mass is 420 g/mol. The van der Waals surface area contributed by atoms with E-state index in [4.69, 9.17) is 23.2 Å². The van der Waals surface area contributed by atoms with Crippen molar-refractivity contribution in [1.82, 2.24) is 14.8 Å². The van der Waals surface area contributed by atoms with Gasteiger partial charge >= 0.3 is 0 Å². The molecule has 5 nitrogen and oxygen atoms in total. The van der Waals surface area contributed by atoms with E-state index in [-0.39, 0.29) is 11.7 Å². The van der Waals surface area contributed by atoms with Crippen molar-refractivity contribution in [3.63, 3.8) is 0 Å². The summed E-state index contributed by atoms with van der Waals surface area (Å²) in [6, 6.07) is 13.1. The number of rotatable bonds is 6. The van der Waals surface area contributed by atoms with Crippen molar-refractivity contribution in [1.29, 1.82) is 0 Å². The number of aryl methyl sites for hydroxylation is 1. The zero-order chi connectivity index (χ0) is 19.4. The molecule has 1 aromatic heterocycles. The fourth-order valence-electron chi connectivity index (χ4n) is 2.48. The minimum atomic E-state index is -0.0941. The molecule has 1 heterocycles. The number of aromatic nitrogens is 3. The van der Waals surface area contributed by atoms with Crippen LogP contribution in [0.15, 0.2) is 47.6 Å². The average molecular weight is 421 g/mol. The fourth-order valence-corrected chi connectivity index (χ4v) is 3.49. The van der Waals surface area contributed by atoms with E-state index < -0.39 is 0 Å². The molecule has 1 amide bonds. The Hall–Kier alpha value is -2.02. The van der Waals surface area contributed by atoms with E-state index in [9.17, 15) is 4.79 Å². The lowest BCUT2D eigenvalue weighted by molar-refractivity contribution is -0.113. The summed E-state index contributed by atoms with van der Waals surface area (Å²) < 4.78 is 1.83. The van der Waals surface area contributed by atoms with Crippen LogP contribution in [0.1, 0.15) is 12.5 Å². The largest absolute Gasteiger partial charge is 0.325 e. The third-order valence-corrected chi connectivity index (χ3v) is 5.75. The Morgan fingerprint density at radius 3 is 2.52 bits per heavy atom. The number of carbonyl (C=O) groups is 1. The summed E-state index contributed by atoms with van der Waals surface area (Å²) in [6.07, 6.45) is 0.970. The molecule has 0 saturated carbocycles. The van der Waals surface area contributed by atoms with Gasteiger partial charge in [-0.05, 0) is 42.3 Å². The Labute approximate surface area is 172 Å². The molecule has 0 aliphatic rings. The van der Waals surface area contributed by atoms with E-state index in [2.05, 4.69) is 22.4 Å². The van der Waals surface area contributed by atoms with Crippen LogP contribution in [0.3, 0.4) is 0 Å². The van der Waals surface area contributed by atoms with Gasteiger partial charge in [-0.25, -0.2) is 0 Å². The molecule has 0 atom stereocenters. The molecular weight excluding hydrogens is 403 g/mol. The molecule has 0 unspecified atom stereocenters. The summed E-state index contributed by atoms with van der Waals surface area (Å²) in [7, 11) is 1.85. The summed E-state index contributed by atoms with van der Waals surface area (Å²) in [6.45, 7) is 2.09. The number of amides is 1. The van der Waals surface area contributed by atoms with Crippen molar-refractivity contribution >= 4 is 46.6 Å². The van der Waals surface area contributed by atoms with Crippen molar-refractivity contribution < 1.29 is 4.79 Å². The van der Waals surface area contributed by atoms with Crippen LogP contribution >= 0.6 is 35.0 Å². The van der Waals surface area contributed by atoms with Crippen LogP contribution in [0.4, 0.5) is 5.69 Å². The lowest BCUT2D eigenvalue weighted by atomic mass is 10.1. The number of carbonyl (C=O) groups excluding carboxylic acids is 1. The zero-order valence-electron chi connectivity index (χ0n) is 14.9. The normalized spacial score (nSPS) is 10.8. The highest BCUT2D eigenvalue weighted by molar-refractivity contribution is 7.99. The highest BCUT2D eigenvalue weighted by Gasteiger charge is 2.14. The van der Waals surface area contributed by atoms with Gasteiger partial charge in [-0.3, -0.25) is 4.79 Å². The van der Waals surface area contributed by atoms with Crippen molar-refractivity contribution in [2.75, 3.05) is 11.1 Å². The summed E-state index contributed by atoms with van der Waals surface area (Å²) in [5.41, 5.74) is 2.83. The number of nitrogens with one attached hydrogen (secondary N) is 1. The summed E-state index contributed by atoms with van der Waals surface area (Å²) in [4.78, 5) is 12.2. The second-order valence-corrected chi connectivity index (χ2v) is 7.64. The number of hydrogen-bond acceptors (Lipinski definition) is 4. The van der Waals surface area contributed by atoms with Gasteiger partial charge in [-0.1, -0.05) is 54.0 Å². The van der Waals surface area contributed by atoms with Crippen molar-refractivity contribution in [3.05, 3.63) is 58.1 Å². The highest BCUT2D eigenvalue weighted by Crippen LogP contribution is 2.29. The van der Waals surface area contributed by atoms with E-state index in [1.165, 1.54) is 17.3 Å². The maximum atomic E-state index is 12.2. The first-order valence-electron chi connectivity index (χ1n) is 8.34. The zero-order valence-corrected chi connectivity index (χ0v) is 17.2. The number of nitrogens with zero attached hydrogens (tertiary/aromatic N) is 3. The van der Waals surface area contributed by atoms with Gasteiger partial charge in [0.15, 0.2) is 11.0 Å². The molecule has 1 N–H and O–H groups in total. The molecule has 3 aromatic rings. The van der Waals surface area contributed by atoms with E-state index in [1.54, 1.807) is 12.1 Å². The van der Waals surface area contributed by atoms with Gasteiger partial charge in [-0.2, -0.15) is 0 Å². The summed E-state index contributed by atoms with van der Waals surface area (Å²) >= 11 is 13.4. The first-order chi connectivity index (χ1) is 13.0. The third-order valence-electron chi connectivity index (χ3n) is 3.99. The first kappa shape index (κ1) is 19.7. The van der Waals surface area contributed by atoms with Crippen LogP contribution in [-0.4, -0.2) is 26.4 Å². The molecule has 0 bridgehead atoms. The predicted octanol–water partition coefficient (Wildman–Crippen LogP) is 5.08. The van der Waals surface area contributed by atoms with Crippen molar-refractivity contribution in [3.8, 4) is 11.4 Å². The average Bonchev–Trinajstić information content (AvgIpc) is 3.03. The molecule has 3 rings (SSSR count). The highest BCUT2D eigenvalue weighted by atomic mass is 35.5. The van der Waals surface area contributed by atoms with Crippen LogP contribution in [0.5, 0.6) is 0 Å². The van der Waals surface area contributed by atoms with E-state index in [0.29, 0.717) is 21.0 Å². The van der Waals surface area contributed by atoms with Gasteiger partial charge in [0.25, 0.3) is 0 Å². The van der Waals surface area contributed by atoms with Gasteiger partial charge < -0.3 is 9.88 Å². The lowest BCUT2D eigenvalue weighted by Gasteiger charge is -2.07. The molecule has 0 radical (unpaired) electrons. The van der Waals surface area contributed by atoms with Crippen molar-refractivity contribution in [2.45, 2.75) is 18.5 Å². The summed E-state index contributed by atoms with van der Waals surface area (Å²) in [5, 5.41) is 12.8. The van der Waals surface area contributed by atoms with E-state index >= 15 is 0 Å². The predicted molar refractivity (Wildman–Crippen MR) is 112 cm³/mol. The SMILES string of the molecule is CCc1ccc(NC(=O)CSc2nnc(-c3ccc(Cl)c(Cl)c3)n2C)cc1. The lowest BCUT2D eigenvalue weighted by Crippen LogP contribution is -2.14. The molecule has 140 valence electrons. The maximum Gasteiger partial charge on any atom is 0.234 e. The van der Waals surface area contributed by atoms with Crippen LogP contribution in [0.2, 0.25) is 10.0 Å². The molecule has 2 aromatic carbocycles. The van der Waals surface area contributed by atoms with Crippen LogP contribution in [0, 0.1) is 0 Å². The van der Waals surface area contributed by atoms with Gasteiger partial charge in [0, 0.05) is 18.3 Å². The fraction of sp³-hybridized carbons (Fsp3) is 0.211. The molecule has 27 heavy (non-hydrogen) atoms. The molecule has 8 heteroatoms. The van der Waals surface area contributed by atoms with Crippen LogP contribution < -0.4 is 5.32 Å². The standard InChI is InChI=1S/C19H18Cl2N4OS/c1-3-12-4-7-14(8-5-12)22-17(26)11-27-19-24-23-18(25(19)2)13-6-9-15(20)16(21)10-13/h4-10H,3,11H2,1-2H3,(H,22,26). The Balaban J connectivity index is 1.63. The van der Waals surface area contributed by atoms with E-state index in [1.807, 2.05) is 41.9 Å². The maximum absolute atomic E-state index is 12.2. The second-order valence-electron chi connectivity index (χ2n) is 5.88. The Morgan fingerprint density at radius 1 is 1.11 bits per heavy atom. The Kier molecular flexibility index (Phi) is 6.42. The number of anilines is 1. The molecular formula is C19H18Cl2N4OS. The van der Waals surface area contributed by atoms with Gasteiger partial charge in [0.1, 0.15) is 0 Å². The van der Waals surface area contributed by atoms with Crippen LogP contribution in [-0.2, 0) is 18.3 Å². The molecule has 0 aliphatic heterocycles. The topological polar surface area (TPSA) is 59.8 Å².